The predicted octanol–water partition coefficient (Wildman–Crippen LogP) is 5.64. The number of esters is 1. The molecule has 0 aromatic carbocycles. The smallest absolute Gasteiger partial charge is 0.338 e. The number of aryl methyl sites for hydroxylation is 2. The zero-order valence-electron chi connectivity index (χ0n) is 30.5. The molecule has 7 heterocycles. The second-order valence-electron chi connectivity index (χ2n) is 12.9. The molecule has 0 spiro atoms. The van der Waals surface area contributed by atoms with Crippen LogP contribution in [0.3, 0.4) is 0 Å². The topological polar surface area (TPSA) is 167 Å². The summed E-state index contributed by atoms with van der Waals surface area (Å²) in [6, 6.07) is 18.4. The summed E-state index contributed by atoms with van der Waals surface area (Å²) in [5.74, 6) is -1.18. The molecule has 54 heavy (non-hydrogen) atoms. The highest BCUT2D eigenvalue weighted by atomic mass is 16.5. The number of likely N-dealkylation sites (tertiary alicyclic amines) is 1. The van der Waals surface area contributed by atoms with E-state index >= 15 is 0 Å². The third-order valence-corrected chi connectivity index (χ3v) is 8.93. The molecular formula is C41H40N8O5. The van der Waals surface area contributed by atoms with Crippen molar-refractivity contribution < 1.29 is 23.9 Å². The lowest BCUT2D eigenvalue weighted by Gasteiger charge is -2.27. The van der Waals surface area contributed by atoms with Gasteiger partial charge in [0.05, 0.1) is 42.0 Å². The summed E-state index contributed by atoms with van der Waals surface area (Å²) in [6.07, 6.45) is 13.1. The number of carbonyl (C=O) groups excluding carboxylic acids is 4. The molecule has 0 radical (unpaired) electrons. The van der Waals surface area contributed by atoms with Gasteiger partial charge in [0.25, 0.3) is 11.8 Å². The number of amides is 2. The first-order valence-electron chi connectivity index (χ1n) is 17.5. The van der Waals surface area contributed by atoms with Gasteiger partial charge in [-0.15, -0.1) is 0 Å². The van der Waals surface area contributed by atoms with Gasteiger partial charge in [0.1, 0.15) is 22.7 Å². The number of pyridine rings is 4. The quantitative estimate of drug-likeness (QED) is 0.119. The van der Waals surface area contributed by atoms with Crippen LogP contribution in [0, 0.1) is 13.8 Å². The number of nitrogens with zero attached hydrogens (tertiary/aromatic N) is 7. The van der Waals surface area contributed by atoms with Gasteiger partial charge < -0.3 is 15.4 Å². The molecule has 274 valence electrons. The molecule has 13 heteroatoms. The lowest BCUT2D eigenvalue weighted by Crippen LogP contribution is -2.36. The molecular weight excluding hydrogens is 685 g/mol. The van der Waals surface area contributed by atoms with E-state index in [1.165, 1.54) is 26.4 Å². The number of rotatable bonds is 8. The highest BCUT2D eigenvalue weighted by Crippen LogP contribution is 2.25. The molecule has 7 rings (SSSR count). The Labute approximate surface area is 311 Å². The molecule has 1 fully saturated rings. The third-order valence-electron chi connectivity index (χ3n) is 8.93. The Morgan fingerprint density at radius 3 is 1.74 bits per heavy atom. The maximum absolute atomic E-state index is 13.4. The summed E-state index contributed by atoms with van der Waals surface area (Å²) in [6.45, 7) is 6.77. The summed E-state index contributed by atoms with van der Waals surface area (Å²) in [4.78, 5) is 68.4. The molecule has 13 nitrogen and oxygen atoms in total. The Balaban J connectivity index is 0.000000186. The van der Waals surface area contributed by atoms with Gasteiger partial charge in [0.2, 0.25) is 0 Å². The lowest BCUT2D eigenvalue weighted by molar-refractivity contribution is -0.133. The number of Topliss-reactive ketones (excluding diaryl/α,β-unsaturated/α-hetero) is 1. The van der Waals surface area contributed by atoms with Crippen molar-refractivity contribution in [2.75, 3.05) is 20.2 Å². The van der Waals surface area contributed by atoms with E-state index in [1.54, 1.807) is 45.5 Å². The molecule has 2 N–H and O–H groups in total. The van der Waals surface area contributed by atoms with Crippen LogP contribution in [0.5, 0.6) is 0 Å². The van der Waals surface area contributed by atoms with Crippen molar-refractivity contribution in [1.29, 1.82) is 0 Å². The number of hydrogen-bond donors (Lipinski definition) is 1. The monoisotopic (exact) mass is 724 g/mol. The van der Waals surface area contributed by atoms with E-state index < -0.39 is 11.9 Å². The summed E-state index contributed by atoms with van der Waals surface area (Å²) in [7, 11) is 1.33. The van der Waals surface area contributed by atoms with E-state index in [1.807, 2.05) is 67.3 Å². The minimum absolute atomic E-state index is 0.0342. The van der Waals surface area contributed by atoms with Gasteiger partial charge >= 0.3 is 5.97 Å². The van der Waals surface area contributed by atoms with Crippen LogP contribution in [-0.2, 0) is 14.3 Å². The van der Waals surface area contributed by atoms with Crippen LogP contribution in [0.15, 0.2) is 85.5 Å². The van der Waals surface area contributed by atoms with Gasteiger partial charge in [-0.25, -0.2) is 14.8 Å². The predicted molar refractivity (Wildman–Crippen MR) is 205 cm³/mol. The molecule has 0 saturated carbocycles. The van der Waals surface area contributed by atoms with Crippen LogP contribution in [0.2, 0.25) is 0 Å². The van der Waals surface area contributed by atoms with E-state index in [-0.39, 0.29) is 17.4 Å². The SMILES string of the molecule is COC(=O)/C(=C/c1cccc(C)n1)c1ccc2ncc(C(C)=O)n2c1.Cc1cccc(/C=C(/C(=O)N2CCCCC2)c2ccc3ncc(C(N)=O)n3c2)n1. The standard InChI is InChI=1S/C22H23N5O2.C19H17N3O3/c1-15-6-5-7-17(25-15)12-18(22(29)26-10-3-2-4-11-26)16-8-9-20-24-13-19(21(23)28)27(20)14-16;1-12-5-4-6-15(21-12)9-16(19(24)25-3)14-7-8-18-20-10-17(13(2)23)22(18)11-14/h5-9,12-14H,2-4,10-11H2,1H3,(H2,23,28);4-11H,1-3H3/b18-12+;16-9+. The normalized spacial score (nSPS) is 13.4. The van der Waals surface area contributed by atoms with Crippen molar-refractivity contribution in [3.8, 4) is 0 Å². The second-order valence-corrected chi connectivity index (χ2v) is 12.9. The van der Waals surface area contributed by atoms with Crippen molar-refractivity contribution in [1.82, 2.24) is 33.6 Å². The van der Waals surface area contributed by atoms with E-state index in [0.29, 0.717) is 50.6 Å². The van der Waals surface area contributed by atoms with Crippen LogP contribution in [0.25, 0.3) is 34.6 Å². The number of imidazole rings is 2. The van der Waals surface area contributed by atoms with Crippen molar-refractivity contribution in [2.45, 2.75) is 40.0 Å². The van der Waals surface area contributed by atoms with E-state index in [2.05, 4.69) is 19.9 Å². The van der Waals surface area contributed by atoms with E-state index in [0.717, 1.165) is 43.7 Å². The molecule has 1 saturated heterocycles. The van der Waals surface area contributed by atoms with Crippen molar-refractivity contribution in [3.05, 3.63) is 131 Å². The minimum Gasteiger partial charge on any atom is -0.465 e. The maximum Gasteiger partial charge on any atom is 0.338 e. The molecule has 1 aliphatic rings. The van der Waals surface area contributed by atoms with Gasteiger partial charge in [-0.2, -0.15) is 0 Å². The number of hydrogen-bond acceptors (Lipinski definition) is 9. The number of aromatic nitrogens is 6. The number of ether oxygens (including phenoxy) is 1. The number of fused-ring (bicyclic) bond motifs is 2. The summed E-state index contributed by atoms with van der Waals surface area (Å²) >= 11 is 0. The number of carbonyl (C=O) groups is 4. The maximum atomic E-state index is 13.4. The van der Waals surface area contributed by atoms with Crippen molar-refractivity contribution in [2.24, 2.45) is 5.73 Å². The van der Waals surface area contributed by atoms with Crippen LogP contribution in [0.4, 0.5) is 0 Å². The summed E-state index contributed by atoms with van der Waals surface area (Å²) in [5.41, 5.74) is 12.7. The number of piperidine rings is 1. The van der Waals surface area contributed by atoms with Gasteiger partial charge in [0, 0.05) is 54.9 Å². The fourth-order valence-electron chi connectivity index (χ4n) is 6.21. The Bertz CT molecular complexity index is 2450. The zero-order chi connectivity index (χ0) is 38.4. The number of primary amides is 1. The van der Waals surface area contributed by atoms with E-state index in [9.17, 15) is 19.2 Å². The van der Waals surface area contributed by atoms with Gasteiger partial charge in [0.15, 0.2) is 5.78 Å². The first-order valence-corrected chi connectivity index (χ1v) is 17.5. The fraction of sp³-hybridized carbons (Fsp3) is 0.220. The van der Waals surface area contributed by atoms with Crippen LogP contribution < -0.4 is 5.73 Å². The zero-order valence-corrected chi connectivity index (χ0v) is 30.5. The highest BCUT2D eigenvalue weighted by molar-refractivity contribution is 6.24. The average molecular weight is 725 g/mol. The molecule has 6 aromatic heterocycles. The van der Waals surface area contributed by atoms with Crippen LogP contribution in [-0.4, -0.2) is 77.4 Å². The van der Waals surface area contributed by atoms with Gasteiger partial charge in [-0.05, 0) is 93.8 Å². The Hall–Kier alpha value is -6.76. The highest BCUT2D eigenvalue weighted by Gasteiger charge is 2.23. The fourth-order valence-corrected chi connectivity index (χ4v) is 6.21. The molecule has 0 bridgehead atoms. The first kappa shape index (κ1) is 37.0. The second kappa shape index (κ2) is 16.3. The lowest BCUT2D eigenvalue weighted by atomic mass is 10.0. The molecule has 6 aromatic rings. The molecule has 0 aliphatic carbocycles. The van der Waals surface area contributed by atoms with Crippen molar-refractivity contribution >= 4 is 58.2 Å². The number of methoxy groups -OCH3 is 1. The number of nitrogens with two attached hydrogens (primary N) is 1. The molecule has 0 unspecified atom stereocenters. The largest absolute Gasteiger partial charge is 0.465 e. The van der Waals surface area contributed by atoms with E-state index in [4.69, 9.17) is 10.5 Å². The minimum atomic E-state index is -0.567. The Morgan fingerprint density at radius 2 is 1.22 bits per heavy atom. The van der Waals surface area contributed by atoms with Crippen LogP contribution >= 0.6 is 0 Å². The molecule has 2 amide bonds. The van der Waals surface area contributed by atoms with Crippen LogP contribution in [0.1, 0.15) is 81.1 Å². The molecule has 1 aliphatic heterocycles. The molecule has 0 atom stereocenters. The average Bonchev–Trinajstić information content (AvgIpc) is 3.80. The van der Waals surface area contributed by atoms with Crippen molar-refractivity contribution in [3.63, 3.8) is 0 Å². The third kappa shape index (κ3) is 8.31. The van der Waals surface area contributed by atoms with Gasteiger partial charge in [-0.1, -0.05) is 12.1 Å². The summed E-state index contributed by atoms with van der Waals surface area (Å²) < 4.78 is 8.20. The summed E-state index contributed by atoms with van der Waals surface area (Å²) in [5, 5.41) is 0. The number of ketones is 1. The Kier molecular flexibility index (Phi) is 11.2. The Morgan fingerprint density at radius 1 is 0.704 bits per heavy atom. The van der Waals surface area contributed by atoms with Gasteiger partial charge in [-0.3, -0.25) is 33.2 Å². The first-order chi connectivity index (χ1) is 26.0.